The van der Waals surface area contributed by atoms with E-state index in [0.717, 1.165) is 25.9 Å². The molecule has 1 N–H and O–H groups in total. The summed E-state index contributed by atoms with van der Waals surface area (Å²) >= 11 is 0. The minimum atomic E-state index is -0.791. The molecule has 1 heterocycles. The second-order valence-electron chi connectivity index (χ2n) is 5.84. The SMILES string of the molecule is Cc1ccc(C(C)N2CCC(OCCC(=O)O)CC2)cc1. The monoisotopic (exact) mass is 291 g/mol. The molecule has 1 saturated heterocycles. The van der Waals surface area contributed by atoms with Gasteiger partial charge in [0.1, 0.15) is 0 Å². The van der Waals surface area contributed by atoms with Gasteiger partial charge in [-0.2, -0.15) is 0 Å². The summed E-state index contributed by atoms with van der Waals surface area (Å²) in [5, 5.41) is 8.62. The largest absolute Gasteiger partial charge is 0.481 e. The van der Waals surface area contributed by atoms with E-state index >= 15 is 0 Å². The molecular weight excluding hydrogens is 266 g/mol. The Balaban J connectivity index is 1.77. The van der Waals surface area contributed by atoms with Crippen molar-refractivity contribution in [3.05, 3.63) is 35.4 Å². The number of nitrogens with zero attached hydrogens (tertiary/aromatic N) is 1. The Morgan fingerprint density at radius 3 is 2.52 bits per heavy atom. The Labute approximate surface area is 126 Å². The third kappa shape index (κ3) is 4.83. The summed E-state index contributed by atoms with van der Waals surface area (Å²) in [6, 6.07) is 9.15. The third-order valence-electron chi connectivity index (χ3n) is 4.25. The molecule has 1 fully saturated rings. The molecule has 0 aliphatic carbocycles. The molecule has 4 nitrogen and oxygen atoms in total. The van der Waals surface area contributed by atoms with Gasteiger partial charge >= 0.3 is 5.97 Å². The average Bonchev–Trinajstić information content (AvgIpc) is 2.48. The van der Waals surface area contributed by atoms with Crippen LogP contribution >= 0.6 is 0 Å². The molecule has 1 aliphatic rings. The van der Waals surface area contributed by atoms with E-state index in [9.17, 15) is 4.79 Å². The van der Waals surface area contributed by atoms with Gasteiger partial charge in [0.15, 0.2) is 0 Å². The molecule has 0 bridgehead atoms. The van der Waals surface area contributed by atoms with Crippen LogP contribution in [0.5, 0.6) is 0 Å². The third-order valence-corrected chi connectivity index (χ3v) is 4.25. The lowest BCUT2D eigenvalue weighted by molar-refractivity contribution is -0.138. The van der Waals surface area contributed by atoms with Gasteiger partial charge in [0.05, 0.1) is 19.1 Å². The molecule has 1 aromatic rings. The van der Waals surface area contributed by atoms with Gasteiger partial charge in [-0.15, -0.1) is 0 Å². The fraction of sp³-hybridized carbons (Fsp3) is 0.588. The molecule has 1 aromatic carbocycles. The van der Waals surface area contributed by atoms with E-state index in [1.807, 2.05) is 0 Å². The number of rotatable bonds is 6. The number of piperidine rings is 1. The van der Waals surface area contributed by atoms with E-state index in [1.165, 1.54) is 11.1 Å². The molecule has 0 radical (unpaired) electrons. The first-order chi connectivity index (χ1) is 10.1. The number of carbonyl (C=O) groups is 1. The van der Waals surface area contributed by atoms with Crippen LogP contribution in [0.15, 0.2) is 24.3 Å². The lowest BCUT2D eigenvalue weighted by Gasteiger charge is -2.36. The Morgan fingerprint density at radius 2 is 1.95 bits per heavy atom. The lowest BCUT2D eigenvalue weighted by Crippen LogP contribution is -2.38. The van der Waals surface area contributed by atoms with Crippen LogP contribution in [0.2, 0.25) is 0 Å². The van der Waals surface area contributed by atoms with Crippen LogP contribution < -0.4 is 0 Å². The van der Waals surface area contributed by atoms with E-state index < -0.39 is 5.97 Å². The molecule has 0 aromatic heterocycles. The van der Waals surface area contributed by atoms with E-state index in [-0.39, 0.29) is 12.5 Å². The Bertz CT molecular complexity index is 450. The summed E-state index contributed by atoms with van der Waals surface area (Å²) in [7, 11) is 0. The highest BCUT2D eigenvalue weighted by atomic mass is 16.5. The van der Waals surface area contributed by atoms with Gasteiger partial charge in [-0.05, 0) is 32.3 Å². The number of hydrogen-bond acceptors (Lipinski definition) is 3. The second-order valence-corrected chi connectivity index (χ2v) is 5.84. The zero-order valence-corrected chi connectivity index (χ0v) is 12.9. The first kappa shape index (κ1) is 16.0. The summed E-state index contributed by atoms with van der Waals surface area (Å²) < 4.78 is 5.64. The topological polar surface area (TPSA) is 49.8 Å². The van der Waals surface area contributed by atoms with Crippen molar-refractivity contribution >= 4 is 5.97 Å². The van der Waals surface area contributed by atoms with E-state index in [2.05, 4.69) is 43.0 Å². The molecule has 4 heteroatoms. The van der Waals surface area contributed by atoms with Crippen molar-refractivity contribution in [3.63, 3.8) is 0 Å². The van der Waals surface area contributed by atoms with Crippen molar-refractivity contribution in [2.75, 3.05) is 19.7 Å². The fourth-order valence-corrected chi connectivity index (χ4v) is 2.80. The first-order valence-corrected chi connectivity index (χ1v) is 7.70. The van der Waals surface area contributed by atoms with Gasteiger partial charge in [0.25, 0.3) is 0 Å². The summed E-state index contributed by atoms with van der Waals surface area (Å²) in [4.78, 5) is 12.9. The Hall–Kier alpha value is -1.39. The van der Waals surface area contributed by atoms with Crippen LogP contribution in [0.1, 0.15) is 43.4 Å². The molecule has 0 spiro atoms. The van der Waals surface area contributed by atoms with Gasteiger partial charge in [-0.3, -0.25) is 9.69 Å². The molecule has 21 heavy (non-hydrogen) atoms. The lowest BCUT2D eigenvalue weighted by atomic mass is 10.0. The maximum Gasteiger partial charge on any atom is 0.305 e. The molecule has 1 aliphatic heterocycles. The van der Waals surface area contributed by atoms with Crippen LogP contribution in [-0.2, 0) is 9.53 Å². The maximum absolute atomic E-state index is 10.5. The molecule has 1 unspecified atom stereocenters. The zero-order valence-electron chi connectivity index (χ0n) is 12.9. The second kappa shape index (κ2) is 7.57. The highest BCUT2D eigenvalue weighted by molar-refractivity contribution is 5.66. The van der Waals surface area contributed by atoms with Crippen LogP contribution in [0.3, 0.4) is 0 Å². The Morgan fingerprint density at radius 1 is 1.33 bits per heavy atom. The van der Waals surface area contributed by atoms with Crippen LogP contribution in [0.4, 0.5) is 0 Å². The van der Waals surface area contributed by atoms with Crippen molar-refractivity contribution < 1.29 is 14.6 Å². The van der Waals surface area contributed by atoms with E-state index in [4.69, 9.17) is 9.84 Å². The van der Waals surface area contributed by atoms with Crippen LogP contribution in [0.25, 0.3) is 0 Å². The molecule has 1 atom stereocenters. The highest BCUT2D eigenvalue weighted by Crippen LogP contribution is 2.25. The minimum absolute atomic E-state index is 0.0972. The smallest absolute Gasteiger partial charge is 0.305 e. The van der Waals surface area contributed by atoms with Gasteiger partial charge in [0.2, 0.25) is 0 Å². The summed E-state index contributed by atoms with van der Waals surface area (Å²) in [5.41, 5.74) is 2.64. The molecular formula is C17H25NO3. The molecule has 0 amide bonds. The van der Waals surface area contributed by atoms with Gasteiger partial charge in [-0.25, -0.2) is 0 Å². The zero-order chi connectivity index (χ0) is 15.2. The number of hydrogen-bond donors (Lipinski definition) is 1. The van der Waals surface area contributed by atoms with Gasteiger partial charge < -0.3 is 9.84 Å². The number of carboxylic acid groups (broad SMARTS) is 1. The molecule has 0 saturated carbocycles. The van der Waals surface area contributed by atoms with E-state index in [1.54, 1.807) is 0 Å². The van der Waals surface area contributed by atoms with Crippen molar-refractivity contribution in [1.82, 2.24) is 4.90 Å². The number of likely N-dealkylation sites (tertiary alicyclic amines) is 1. The van der Waals surface area contributed by atoms with Gasteiger partial charge in [0, 0.05) is 19.1 Å². The number of ether oxygens (including phenoxy) is 1. The highest BCUT2D eigenvalue weighted by Gasteiger charge is 2.23. The minimum Gasteiger partial charge on any atom is -0.481 e. The summed E-state index contributed by atoms with van der Waals surface area (Å²) in [6.45, 7) is 6.69. The van der Waals surface area contributed by atoms with Crippen molar-refractivity contribution in [2.45, 2.75) is 45.3 Å². The van der Waals surface area contributed by atoms with E-state index in [0.29, 0.717) is 12.6 Å². The summed E-state index contributed by atoms with van der Waals surface area (Å²) in [5.74, 6) is -0.791. The quantitative estimate of drug-likeness (QED) is 0.875. The van der Waals surface area contributed by atoms with Gasteiger partial charge in [-0.1, -0.05) is 29.8 Å². The van der Waals surface area contributed by atoms with Crippen molar-refractivity contribution in [2.24, 2.45) is 0 Å². The first-order valence-electron chi connectivity index (χ1n) is 7.70. The van der Waals surface area contributed by atoms with Crippen LogP contribution in [0, 0.1) is 6.92 Å². The number of aliphatic carboxylic acids is 1. The fourth-order valence-electron chi connectivity index (χ4n) is 2.80. The normalized spacial score (nSPS) is 18.6. The molecule has 116 valence electrons. The predicted molar refractivity (Wildman–Crippen MR) is 82.4 cm³/mol. The van der Waals surface area contributed by atoms with Crippen molar-refractivity contribution in [1.29, 1.82) is 0 Å². The predicted octanol–water partition coefficient (Wildman–Crippen LogP) is 3.01. The van der Waals surface area contributed by atoms with Crippen LogP contribution in [-0.4, -0.2) is 41.8 Å². The Kier molecular flexibility index (Phi) is 5.76. The number of aryl methyl sites for hydroxylation is 1. The number of carboxylic acids is 1. The maximum atomic E-state index is 10.5. The number of benzene rings is 1. The van der Waals surface area contributed by atoms with Crippen molar-refractivity contribution in [3.8, 4) is 0 Å². The summed E-state index contributed by atoms with van der Waals surface area (Å²) in [6.07, 6.45) is 2.27. The standard InChI is InChI=1S/C17H25NO3/c1-13-3-5-15(6-4-13)14(2)18-10-7-16(8-11-18)21-12-9-17(19)20/h3-6,14,16H,7-12H2,1-2H3,(H,19,20). The average molecular weight is 291 g/mol. The molecule has 2 rings (SSSR count).